The first-order valence-electron chi connectivity index (χ1n) is 6.95. The van der Waals surface area contributed by atoms with Crippen molar-refractivity contribution >= 4 is 5.91 Å². The van der Waals surface area contributed by atoms with Crippen molar-refractivity contribution in [1.29, 1.82) is 0 Å². The number of nitrogens with two attached hydrogens (primary N) is 1. The van der Waals surface area contributed by atoms with Gasteiger partial charge in [-0.3, -0.25) is 4.79 Å². The third kappa shape index (κ3) is 2.44. The van der Waals surface area contributed by atoms with Crippen LogP contribution in [0.3, 0.4) is 0 Å². The average Bonchev–Trinajstić information content (AvgIpc) is 2.34. The van der Waals surface area contributed by atoms with Gasteiger partial charge in [-0.1, -0.05) is 39.8 Å². The Morgan fingerprint density at radius 2 is 1.90 bits per heavy atom. The van der Waals surface area contributed by atoms with Crippen molar-refractivity contribution in [2.75, 3.05) is 0 Å². The second-order valence-electron chi connectivity index (χ2n) is 6.93. The second-order valence-corrected chi connectivity index (χ2v) is 6.93. The molecule has 4 heteroatoms. The van der Waals surface area contributed by atoms with Crippen LogP contribution in [-0.2, 0) is 11.2 Å². The second kappa shape index (κ2) is 4.85. The lowest BCUT2D eigenvalue weighted by molar-refractivity contribution is -0.131. The average molecular weight is 278 g/mol. The summed E-state index contributed by atoms with van der Waals surface area (Å²) in [7, 11) is 0. The Hall–Kier alpha value is -1.42. The standard InChI is InChI=1S/C16H23FN2O/c1-15(2)13(18)16(3,4)14(15)19-12(20)9-10-6-5-7-11(17)8-10/h5-8,13-14H,9,18H2,1-4H3,(H,19,20). The highest BCUT2D eigenvalue weighted by Crippen LogP contribution is 2.52. The van der Waals surface area contributed by atoms with E-state index in [4.69, 9.17) is 5.73 Å². The molecule has 0 heterocycles. The molecule has 20 heavy (non-hydrogen) atoms. The minimum absolute atomic E-state index is 0.0334. The van der Waals surface area contributed by atoms with Gasteiger partial charge in [0.25, 0.3) is 0 Å². The van der Waals surface area contributed by atoms with Crippen molar-refractivity contribution < 1.29 is 9.18 Å². The predicted molar refractivity (Wildman–Crippen MR) is 77.6 cm³/mol. The van der Waals surface area contributed by atoms with E-state index in [2.05, 4.69) is 33.0 Å². The monoisotopic (exact) mass is 278 g/mol. The zero-order valence-electron chi connectivity index (χ0n) is 12.5. The highest BCUT2D eigenvalue weighted by molar-refractivity contribution is 5.79. The number of nitrogens with one attached hydrogen (secondary N) is 1. The van der Waals surface area contributed by atoms with E-state index in [1.54, 1.807) is 12.1 Å². The van der Waals surface area contributed by atoms with E-state index < -0.39 is 0 Å². The molecular weight excluding hydrogens is 255 g/mol. The molecule has 1 aliphatic rings. The Morgan fingerprint density at radius 1 is 1.30 bits per heavy atom. The third-order valence-corrected chi connectivity index (χ3v) is 4.65. The van der Waals surface area contributed by atoms with E-state index in [1.165, 1.54) is 12.1 Å². The van der Waals surface area contributed by atoms with Gasteiger partial charge in [0, 0.05) is 22.9 Å². The molecule has 0 unspecified atom stereocenters. The topological polar surface area (TPSA) is 55.1 Å². The van der Waals surface area contributed by atoms with Gasteiger partial charge in [0.1, 0.15) is 5.82 Å². The number of carbonyl (C=O) groups is 1. The number of rotatable bonds is 3. The molecule has 0 aromatic heterocycles. The normalized spacial score (nSPS) is 26.7. The minimum Gasteiger partial charge on any atom is -0.352 e. The summed E-state index contributed by atoms with van der Waals surface area (Å²) in [5, 5.41) is 3.05. The van der Waals surface area contributed by atoms with Gasteiger partial charge in [-0.2, -0.15) is 0 Å². The van der Waals surface area contributed by atoms with Crippen LogP contribution in [0.25, 0.3) is 0 Å². The summed E-state index contributed by atoms with van der Waals surface area (Å²) in [6.07, 6.45) is 0.190. The summed E-state index contributed by atoms with van der Waals surface area (Å²) in [6, 6.07) is 6.22. The molecule has 1 amide bonds. The predicted octanol–water partition coefficient (Wildman–Crippen LogP) is 2.25. The molecule has 0 saturated heterocycles. The Balaban J connectivity index is 2.02. The number of benzene rings is 1. The van der Waals surface area contributed by atoms with Gasteiger partial charge in [0.15, 0.2) is 0 Å². The van der Waals surface area contributed by atoms with Crippen molar-refractivity contribution in [2.24, 2.45) is 16.6 Å². The zero-order chi connectivity index (χ0) is 15.1. The molecule has 1 aliphatic carbocycles. The van der Waals surface area contributed by atoms with E-state index in [-0.39, 0.29) is 41.1 Å². The molecule has 1 fully saturated rings. The quantitative estimate of drug-likeness (QED) is 0.891. The summed E-state index contributed by atoms with van der Waals surface area (Å²) >= 11 is 0. The van der Waals surface area contributed by atoms with Gasteiger partial charge in [0.2, 0.25) is 5.91 Å². The molecule has 2 rings (SSSR count). The molecule has 3 nitrogen and oxygen atoms in total. The van der Waals surface area contributed by atoms with Crippen LogP contribution in [0.5, 0.6) is 0 Å². The van der Waals surface area contributed by atoms with Crippen molar-refractivity contribution in [3.05, 3.63) is 35.6 Å². The van der Waals surface area contributed by atoms with Gasteiger partial charge in [0.05, 0.1) is 6.42 Å². The Kier molecular flexibility index (Phi) is 3.63. The van der Waals surface area contributed by atoms with Crippen LogP contribution in [0.1, 0.15) is 33.3 Å². The highest BCUT2D eigenvalue weighted by atomic mass is 19.1. The van der Waals surface area contributed by atoms with Gasteiger partial charge in [-0.25, -0.2) is 4.39 Å². The fourth-order valence-electron chi connectivity index (χ4n) is 3.60. The number of amides is 1. The zero-order valence-corrected chi connectivity index (χ0v) is 12.5. The fraction of sp³-hybridized carbons (Fsp3) is 0.562. The summed E-state index contributed by atoms with van der Waals surface area (Å²) in [4.78, 5) is 12.1. The maximum absolute atomic E-state index is 13.1. The first-order valence-corrected chi connectivity index (χ1v) is 6.95. The SMILES string of the molecule is CC1(C)C(N)C(C)(C)C1NC(=O)Cc1cccc(F)c1. The summed E-state index contributed by atoms with van der Waals surface area (Å²) in [5.41, 5.74) is 6.61. The summed E-state index contributed by atoms with van der Waals surface area (Å²) < 4.78 is 13.1. The molecule has 0 spiro atoms. The minimum atomic E-state index is -0.318. The van der Waals surface area contributed by atoms with Crippen molar-refractivity contribution in [2.45, 2.75) is 46.2 Å². The maximum atomic E-state index is 13.1. The van der Waals surface area contributed by atoms with E-state index in [0.717, 1.165) is 0 Å². The van der Waals surface area contributed by atoms with E-state index in [1.807, 2.05) is 0 Å². The number of halogens is 1. The van der Waals surface area contributed by atoms with Crippen molar-refractivity contribution in [3.8, 4) is 0 Å². The van der Waals surface area contributed by atoms with Crippen LogP contribution < -0.4 is 11.1 Å². The summed E-state index contributed by atoms with van der Waals surface area (Å²) in [5.74, 6) is -0.407. The lowest BCUT2D eigenvalue weighted by Gasteiger charge is -2.62. The highest BCUT2D eigenvalue weighted by Gasteiger charge is 2.60. The molecule has 110 valence electrons. The van der Waals surface area contributed by atoms with Crippen LogP contribution in [0.15, 0.2) is 24.3 Å². The van der Waals surface area contributed by atoms with Crippen molar-refractivity contribution in [3.63, 3.8) is 0 Å². The number of hydrogen-bond donors (Lipinski definition) is 2. The fourth-order valence-corrected chi connectivity index (χ4v) is 3.60. The van der Waals surface area contributed by atoms with E-state index in [9.17, 15) is 9.18 Å². The maximum Gasteiger partial charge on any atom is 0.224 e. The van der Waals surface area contributed by atoms with Gasteiger partial charge in [-0.15, -0.1) is 0 Å². The van der Waals surface area contributed by atoms with Crippen LogP contribution in [0, 0.1) is 16.6 Å². The van der Waals surface area contributed by atoms with Crippen molar-refractivity contribution in [1.82, 2.24) is 5.32 Å². The molecule has 3 N–H and O–H groups in total. The lowest BCUT2D eigenvalue weighted by Crippen LogP contribution is -2.76. The van der Waals surface area contributed by atoms with Crippen LogP contribution in [0.2, 0.25) is 0 Å². The number of hydrogen-bond acceptors (Lipinski definition) is 2. The molecule has 0 bridgehead atoms. The van der Waals surface area contributed by atoms with Gasteiger partial charge in [-0.05, 0) is 17.7 Å². The molecule has 0 atom stereocenters. The molecule has 1 aromatic rings. The molecular formula is C16H23FN2O. The lowest BCUT2D eigenvalue weighted by atomic mass is 9.48. The third-order valence-electron chi connectivity index (χ3n) is 4.65. The molecule has 1 saturated carbocycles. The van der Waals surface area contributed by atoms with Crippen LogP contribution in [0.4, 0.5) is 4.39 Å². The summed E-state index contributed by atoms with van der Waals surface area (Å²) in [6.45, 7) is 8.26. The largest absolute Gasteiger partial charge is 0.352 e. The van der Waals surface area contributed by atoms with Crippen LogP contribution >= 0.6 is 0 Å². The Morgan fingerprint density at radius 3 is 2.45 bits per heavy atom. The van der Waals surface area contributed by atoms with Gasteiger partial charge >= 0.3 is 0 Å². The smallest absolute Gasteiger partial charge is 0.224 e. The Bertz CT molecular complexity index is 509. The first kappa shape index (κ1) is 15.0. The molecule has 1 aromatic carbocycles. The van der Waals surface area contributed by atoms with Gasteiger partial charge < -0.3 is 11.1 Å². The van der Waals surface area contributed by atoms with E-state index >= 15 is 0 Å². The molecule has 0 radical (unpaired) electrons. The number of carbonyl (C=O) groups excluding carboxylic acids is 1. The van der Waals surface area contributed by atoms with Crippen LogP contribution in [-0.4, -0.2) is 18.0 Å². The Labute approximate surface area is 119 Å². The molecule has 0 aliphatic heterocycles. The first-order chi connectivity index (χ1) is 9.15. The van der Waals surface area contributed by atoms with E-state index in [0.29, 0.717) is 5.56 Å².